The van der Waals surface area contributed by atoms with Gasteiger partial charge in [-0.05, 0) is 65.7 Å². The van der Waals surface area contributed by atoms with E-state index >= 15 is 0 Å². The third-order valence-electron chi connectivity index (χ3n) is 9.29. The predicted molar refractivity (Wildman–Crippen MR) is 332 cm³/mol. The Balaban J connectivity index is -0.000000799. The van der Waals surface area contributed by atoms with Gasteiger partial charge in [0.1, 0.15) is 0 Å². The highest BCUT2D eigenvalue weighted by Gasteiger charge is 2.00. The van der Waals surface area contributed by atoms with E-state index in [2.05, 4.69) is 231 Å². The van der Waals surface area contributed by atoms with E-state index in [0.717, 1.165) is 0 Å². The van der Waals surface area contributed by atoms with Crippen LogP contribution < -0.4 is 0 Å². The molecule has 0 aliphatic heterocycles. The van der Waals surface area contributed by atoms with E-state index in [1.807, 2.05) is 135 Å². The Labute approximate surface area is 436 Å². The normalized spacial score (nSPS) is 8.45. The molecule has 0 unspecified atom stereocenters. The van der Waals surface area contributed by atoms with Gasteiger partial charge in [-0.25, -0.2) is 0 Å². The number of fused-ring (bicyclic) bond motifs is 4. The lowest BCUT2D eigenvalue weighted by atomic mass is 10.0. The van der Waals surface area contributed by atoms with Crippen molar-refractivity contribution >= 4 is 32.3 Å². The van der Waals surface area contributed by atoms with E-state index in [0.29, 0.717) is 0 Å². The Hall–Kier alpha value is -7.02. The van der Waals surface area contributed by atoms with E-state index in [9.17, 15) is 0 Å². The summed E-state index contributed by atoms with van der Waals surface area (Å²) in [5.74, 6) is 0. The molecule has 71 heavy (non-hydrogen) atoms. The predicted octanol–water partition coefficient (Wildman–Crippen LogP) is 24.1. The largest absolute Gasteiger partial charge is 0.0776 e. The van der Waals surface area contributed by atoms with E-state index in [4.69, 9.17) is 0 Å². The molecule has 0 aliphatic rings. The van der Waals surface area contributed by atoms with Gasteiger partial charge in [0.15, 0.2) is 0 Å². The first-order valence-corrected chi connectivity index (χ1v) is 26.4. The molecule has 10 aromatic carbocycles. The lowest BCUT2D eigenvalue weighted by Gasteiger charge is -2.04. The summed E-state index contributed by atoms with van der Waals surface area (Å²) in [7, 11) is 0. The van der Waals surface area contributed by atoms with Crippen LogP contribution in [0.15, 0.2) is 255 Å². The SMILES string of the molecule is C.CC.CC.CC.CC.CC.CC.CC.CC.c1ccc(-c2ccc(-c3ccccc3)cc2)cc1.c1ccc(-c2ccccc2)cc1.c1ccc2c(c1)ccc1ccccc12.c1ccc2ccccc2c1. The molecule has 10 aromatic rings. The standard InChI is InChI=1S/C18H14.C14H10.C12H10.C10H8.8C2H6.CH4/c1-3-7-15(8-4-1)17-11-13-18(14-12-17)16-9-5-2-6-10-16;1-3-7-13-11(5-1)9-10-12-6-2-4-8-14(12)13;1-3-7-11(8-4-1)12-9-5-2-6-10-12;1-2-6-10-8-4-3-7-9(10)5-1;8*1-2;/h1-14H;1-10H;1-10H;1-8H;8*1-2H3;1H4. The second-order valence-corrected chi connectivity index (χ2v) is 12.9. The molecule has 0 saturated carbocycles. The van der Waals surface area contributed by atoms with Crippen molar-refractivity contribution in [1.82, 2.24) is 0 Å². The highest BCUT2D eigenvalue weighted by atomic mass is 14.0. The first-order valence-electron chi connectivity index (χ1n) is 26.4. The topological polar surface area (TPSA) is 0 Å². The lowest BCUT2D eigenvalue weighted by Crippen LogP contribution is -1.79. The Morgan fingerprint density at radius 1 is 0.141 bits per heavy atom. The molecule has 0 heterocycles. The average Bonchev–Trinajstić information content (AvgIpc) is 3.50. The first kappa shape index (κ1) is 68.2. The lowest BCUT2D eigenvalue weighted by molar-refractivity contribution is 1.50. The van der Waals surface area contributed by atoms with Crippen LogP contribution in [0.5, 0.6) is 0 Å². The number of hydrogen-bond donors (Lipinski definition) is 0. The van der Waals surface area contributed by atoms with Gasteiger partial charge in [0.2, 0.25) is 0 Å². The smallest absolute Gasteiger partial charge is 0.0105 e. The Bertz CT molecular complexity index is 2390. The molecule has 0 aromatic heterocycles. The van der Waals surface area contributed by atoms with E-state index in [1.165, 1.54) is 65.7 Å². The molecule has 0 fully saturated rings. The van der Waals surface area contributed by atoms with Crippen LogP contribution in [0.1, 0.15) is 118 Å². The third-order valence-corrected chi connectivity index (χ3v) is 9.29. The molecule has 0 atom stereocenters. The molecular formula is C71H94. The molecular weight excluding hydrogens is 853 g/mol. The van der Waals surface area contributed by atoms with Crippen LogP contribution in [0, 0.1) is 0 Å². The minimum Gasteiger partial charge on any atom is -0.0776 e. The highest BCUT2D eigenvalue weighted by molar-refractivity contribution is 6.07. The molecule has 0 spiro atoms. The van der Waals surface area contributed by atoms with Crippen molar-refractivity contribution < 1.29 is 0 Å². The summed E-state index contributed by atoms with van der Waals surface area (Å²) < 4.78 is 0. The number of hydrogen-bond acceptors (Lipinski definition) is 0. The molecule has 0 heteroatoms. The molecule has 0 amide bonds. The van der Waals surface area contributed by atoms with Crippen molar-refractivity contribution in [3.63, 3.8) is 0 Å². The highest BCUT2D eigenvalue weighted by Crippen LogP contribution is 2.26. The van der Waals surface area contributed by atoms with Crippen LogP contribution in [-0.4, -0.2) is 0 Å². The zero-order chi connectivity index (χ0) is 52.6. The Kier molecular flexibility index (Phi) is 46.2. The second kappa shape index (κ2) is 48.0. The van der Waals surface area contributed by atoms with Gasteiger partial charge in [0, 0.05) is 0 Å². The van der Waals surface area contributed by atoms with Gasteiger partial charge in [-0.2, -0.15) is 0 Å². The molecule has 0 N–H and O–H groups in total. The zero-order valence-electron chi connectivity index (χ0n) is 46.2. The van der Waals surface area contributed by atoms with Crippen LogP contribution >= 0.6 is 0 Å². The van der Waals surface area contributed by atoms with Gasteiger partial charge in [0.25, 0.3) is 0 Å². The summed E-state index contributed by atoms with van der Waals surface area (Å²) in [6.07, 6.45) is 0. The Morgan fingerprint density at radius 2 is 0.296 bits per heavy atom. The summed E-state index contributed by atoms with van der Waals surface area (Å²) in [5.41, 5.74) is 7.59. The van der Waals surface area contributed by atoms with Crippen molar-refractivity contribution in [3.8, 4) is 33.4 Å². The van der Waals surface area contributed by atoms with E-state index < -0.39 is 0 Å². The first-order chi connectivity index (χ1) is 34.8. The van der Waals surface area contributed by atoms with Crippen molar-refractivity contribution in [2.24, 2.45) is 0 Å². The monoisotopic (exact) mass is 947 g/mol. The molecule has 0 nitrogen and oxygen atoms in total. The molecule has 0 aliphatic carbocycles. The fourth-order valence-electron chi connectivity index (χ4n) is 6.47. The van der Waals surface area contributed by atoms with Gasteiger partial charge >= 0.3 is 0 Å². The molecule has 0 radical (unpaired) electrons. The van der Waals surface area contributed by atoms with Gasteiger partial charge in [-0.15, -0.1) is 0 Å². The quantitative estimate of drug-likeness (QED) is 0.155. The average molecular weight is 948 g/mol. The third kappa shape index (κ3) is 25.4. The zero-order valence-corrected chi connectivity index (χ0v) is 46.2. The van der Waals surface area contributed by atoms with Crippen LogP contribution in [0.3, 0.4) is 0 Å². The van der Waals surface area contributed by atoms with Crippen molar-refractivity contribution in [2.75, 3.05) is 0 Å². The van der Waals surface area contributed by atoms with E-state index in [-0.39, 0.29) is 7.43 Å². The molecule has 378 valence electrons. The van der Waals surface area contributed by atoms with Gasteiger partial charge < -0.3 is 0 Å². The summed E-state index contributed by atoms with van der Waals surface area (Å²) in [6.45, 7) is 32.0. The second-order valence-electron chi connectivity index (χ2n) is 12.9. The van der Waals surface area contributed by atoms with Gasteiger partial charge in [-0.3, -0.25) is 0 Å². The molecule has 0 saturated heterocycles. The fourth-order valence-corrected chi connectivity index (χ4v) is 6.47. The van der Waals surface area contributed by atoms with Gasteiger partial charge in [0.05, 0.1) is 0 Å². The summed E-state index contributed by atoms with van der Waals surface area (Å²) in [4.78, 5) is 0. The van der Waals surface area contributed by atoms with Crippen molar-refractivity contribution in [3.05, 3.63) is 255 Å². The molecule has 10 rings (SSSR count). The maximum absolute atomic E-state index is 2.18. The number of rotatable bonds is 3. The van der Waals surface area contributed by atoms with Gasteiger partial charge in [-0.1, -0.05) is 373 Å². The van der Waals surface area contributed by atoms with Crippen LogP contribution in [0.25, 0.3) is 65.7 Å². The summed E-state index contributed by atoms with van der Waals surface area (Å²) >= 11 is 0. The Morgan fingerprint density at radius 3 is 0.507 bits per heavy atom. The minimum atomic E-state index is 0. The van der Waals surface area contributed by atoms with E-state index in [1.54, 1.807) is 0 Å². The summed E-state index contributed by atoms with van der Waals surface area (Å²) in [5, 5.41) is 7.92. The van der Waals surface area contributed by atoms with Crippen LogP contribution in [-0.2, 0) is 0 Å². The fraction of sp³-hybridized carbons (Fsp3) is 0.239. The van der Waals surface area contributed by atoms with Crippen molar-refractivity contribution in [2.45, 2.75) is 118 Å². The van der Waals surface area contributed by atoms with Crippen LogP contribution in [0.4, 0.5) is 0 Å². The maximum atomic E-state index is 2.18. The summed E-state index contributed by atoms with van der Waals surface area (Å²) in [6, 6.07) is 88.5. The maximum Gasteiger partial charge on any atom is -0.0105 e. The minimum absolute atomic E-state index is 0. The van der Waals surface area contributed by atoms with Crippen molar-refractivity contribution in [1.29, 1.82) is 0 Å². The molecule has 0 bridgehead atoms. The van der Waals surface area contributed by atoms with Crippen LogP contribution in [0.2, 0.25) is 0 Å². The number of benzene rings is 10.